The lowest BCUT2D eigenvalue weighted by molar-refractivity contribution is 0.0945. The smallest absolute Gasteiger partial charge is 0.272 e. The Morgan fingerprint density at radius 1 is 1.13 bits per heavy atom. The molecule has 0 radical (unpaired) electrons. The summed E-state index contributed by atoms with van der Waals surface area (Å²) >= 11 is 3.55. The fraction of sp³-hybridized carbons (Fsp3) is 0.565. The van der Waals surface area contributed by atoms with E-state index in [2.05, 4.69) is 44.2 Å². The third kappa shape index (κ3) is 5.13. The van der Waals surface area contributed by atoms with Gasteiger partial charge in [-0.2, -0.15) is 5.10 Å². The number of amides is 1. The van der Waals surface area contributed by atoms with Gasteiger partial charge in [-0.05, 0) is 70.3 Å². The molecule has 2 aromatic rings. The van der Waals surface area contributed by atoms with E-state index in [0.29, 0.717) is 12.2 Å². The molecule has 1 saturated heterocycles. The summed E-state index contributed by atoms with van der Waals surface area (Å²) in [5, 5.41) is 7.87. The van der Waals surface area contributed by atoms with Crippen LogP contribution in [0.2, 0.25) is 0 Å². The standard InChI is InChI=1S/C23H32BrN5O/c1-27-13-15-28(16-14-27)12-5-4-11-25-23(30)22-20-9-2-3-10-21(20)29(26-22)19-8-6-7-18(24)17-19/h6-8,17H,2-5,9-16H2,1H3,(H,25,30). The lowest BCUT2D eigenvalue weighted by Crippen LogP contribution is -2.44. The summed E-state index contributed by atoms with van der Waals surface area (Å²) in [5.41, 5.74) is 3.95. The summed E-state index contributed by atoms with van der Waals surface area (Å²) in [4.78, 5) is 17.8. The SMILES string of the molecule is CN1CCN(CCCCNC(=O)c2nn(-c3cccc(Br)c3)c3c2CCCC3)CC1. The molecule has 0 unspecified atom stereocenters. The molecule has 1 aromatic heterocycles. The first-order valence-corrected chi connectivity index (χ1v) is 12.0. The van der Waals surface area contributed by atoms with E-state index in [4.69, 9.17) is 5.10 Å². The summed E-state index contributed by atoms with van der Waals surface area (Å²) in [6.45, 7) is 6.46. The third-order valence-corrected chi connectivity index (χ3v) is 6.72. The van der Waals surface area contributed by atoms with E-state index in [9.17, 15) is 4.79 Å². The largest absolute Gasteiger partial charge is 0.351 e. The molecule has 1 aliphatic heterocycles. The van der Waals surface area contributed by atoms with Crippen molar-refractivity contribution < 1.29 is 4.79 Å². The predicted octanol–water partition coefficient (Wildman–Crippen LogP) is 3.27. The topological polar surface area (TPSA) is 53.4 Å². The Hall–Kier alpha value is -1.70. The zero-order chi connectivity index (χ0) is 20.9. The van der Waals surface area contributed by atoms with E-state index in [1.807, 2.05) is 22.9 Å². The molecule has 0 atom stereocenters. The average molecular weight is 474 g/mol. The highest BCUT2D eigenvalue weighted by atomic mass is 79.9. The van der Waals surface area contributed by atoms with Gasteiger partial charge in [-0.25, -0.2) is 4.68 Å². The molecule has 0 spiro atoms. The van der Waals surface area contributed by atoms with Gasteiger partial charge in [0.15, 0.2) is 5.69 Å². The van der Waals surface area contributed by atoms with Crippen molar-refractivity contribution in [2.45, 2.75) is 38.5 Å². The Labute approximate surface area is 187 Å². The number of aromatic nitrogens is 2. The van der Waals surface area contributed by atoms with Crippen molar-refractivity contribution in [3.05, 3.63) is 45.7 Å². The second kappa shape index (κ2) is 10.1. The van der Waals surface area contributed by atoms with Crippen LogP contribution in [0.4, 0.5) is 0 Å². The lowest BCUT2D eigenvalue weighted by Gasteiger charge is -2.32. The Bertz CT molecular complexity index is 872. The molecule has 6 nitrogen and oxygen atoms in total. The fourth-order valence-electron chi connectivity index (χ4n) is 4.42. The molecule has 2 heterocycles. The average Bonchev–Trinajstić information content (AvgIpc) is 3.15. The number of nitrogens with zero attached hydrogens (tertiary/aromatic N) is 4. The Balaban J connectivity index is 1.35. The number of halogens is 1. The zero-order valence-corrected chi connectivity index (χ0v) is 19.5. The summed E-state index contributed by atoms with van der Waals surface area (Å²) in [6, 6.07) is 8.13. The first kappa shape index (κ1) is 21.5. The summed E-state index contributed by atoms with van der Waals surface area (Å²) in [5.74, 6) is -0.0264. The minimum Gasteiger partial charge on any atom is -0.351 e. The number of benzene rings is 1. The van der Waals surface area contributed by atoms with Crippen LogP contribution in [-0.4, -0.2) is 71.8 Å². The fourth-order valence-corrected chi connectivity index (χ4v) is 4.81. The molecular weight excluding hydrogens is 442 g/mol. The highest BCUT2D eigenvalue weighted by molar-refractivity contribution is 9.10. The van der Waals surface area contributed by atoms with Crippen molar-refractivity contribution in [2.75, 3.05) is 46.3 Å². The number of rotatable bonds is 7. The van der Waals surface area contributed by atoms with Gasteiger partial charge in [0.25, 0.3) is 5.91 Å². The van der Waals surface area contributed by atoms with Crippen molar-refractivity contribution in [1.29, 1.82) is 0 Å². The molecule has 4 rings (SSSR count). The molecule has 0 saturated carbocycles. The highest BCUT2D eigenvalue weighted by Crippen LogP contribution is 2.27. The maximum atomic E-state index is 12.9. The molecule has 1 aliphatic carbocycles. The van der Waals surface area contributed by atoms with Crippen LogP contribution in [0.15, 0.2) is 28.7 Å². The number of unbranched alkanes of at least 4 members (excludes halogenated alkanes) is 1. The van der Waals surface area contributed by atoms with Gasteiger partial charge in [-0.1, -0.05) is 22.0 Å². The minimum atomic E-state index is -0.0264. The monoisotopic (exact) mass is 473 g/mol. The lowest BCUT2D eigenvalue weighted by atomic mass is 9.95. The van der Waals surface area contributed by atoms with Gasteiger partial charge in [0.1, 0.15) is 0 Å². The van der Waals surface area contributed by atoms with E-state index < -0.39 is 0 Å². The molecule has 1 aromatic carbocycles. The van der Waals surface area contributed by atoms with Gasteiger partial charge >= 0.3 is 0 Å². The molecule has 7 heteroatoms. The van der Waals surface area contributed by atoms with E-state index in [1.165, 1.54) is 5.69 Å². The first-order valence-electron chi connectivity index (χ1n) is 11.2. The van der Waals surface area contributed by atoms with Gasteiger partial charge in [-0.3, -0.25) is 4.79 Å². The number of likely N-dealkylation sites (N-methyl/N-ethyl adjacent to an activating group) is 1. The van der Waals surface area contributed by atoms with Crippen LogP contribution < -0.4 is 5.32 Å². The summed E-state index contributed by atoms with van der Waals surface area (Å²) in [7, 11) is 2.18. The van der Waals surface area contributed by atoms with Crippen LogP contribution in [0.3, 0.4) is 0 Å². The van der Waals surface area contributed by atoms with Crippen molar-refractivity contribution in [3.63, 3.8) is 0 Å². The van der Waals surface area contributed by atoms with Crippen molar-refractivity contribution in [1.82, 2.24) is 24.9 Å². The Kier molecular flexibility index (Phi) is 7.23. The van der Waals surface area contributed by atoms with Gasteiger partial charge in [0.05, 0.1) is 5.69 Å². The molecule has 2 aliphatic rings. The molecule has 0 bridgehead atoms. The summed E-state index contributed by atoms with van der Waals surface area (Å²) < 4.78 is 2.99. The number of hydrogen-bond donors (Lipinski definition) is 1. The maximum Gasteiger partial charge on any atom is 0.272 e. The number of hydrogen-bond acceptors (Lipinski definition) is 4. The van der Waals surface area contributed by atoms with Crippen LogP contribution in [-0.2, 0) is 12.8 Å². The first-order chi connectivity index (χ1) is 14.6. The van der Waals surface area contributed by atoms with E-state index >= 15 is 0 Å². The zero-order valence-electron chi connectivity index (χ0n) is 17.9. The normalized spacial score (nSPS) is 17.7. The van der Waals surface area contributed by atoms with Crippen LogP contribution in [0.1, 0.15) is 47.4 Å². The van der Waals surface area contributed by atoms with E-state index in [1.54, 1.807) is 0 Å². The van der Waals surface area contributed by atoms with Crippen LogP contribution in [0, 0.1) is 0 Å². The van der Waals surface area contributed by atoms with Crippen LogP contribution >= 0.6 is 15.9 Å². The minimum absolute atomic E-state index is 0.0264. The van der Waals surface area contributed by atoms with Gasteiger partial charge in [-0.15, -0.1) is 0 Å². The number of piperazine rings is 1. The predicted molar refractivity (Wildman–Crippen MR) is 123 cm³/mol. The van der Waals surface area contributed by atoms with Gasteiger partial charge < -0.3 is 15.1 Å². The molecule has 1 fully saturated rings. The Morgan fingerprint density at radius 2 is 1.93 bits per heavy atom. The van der Waals surface area contributed by atoms with Gasteiger partial charge in [0, 0.05) is 48.5 Å². The van der Waals surface area contributed by atoms with Crippen LogP contribution in [0.25, 0.3) is 5.69 Å². The molecular formula is C23H32BrN5O. The number of fused-ring (bicyclic) bond motifs is 1. The van der Waals surface area contributed by atoms with Crippen molar-refractivity contribution in [3.8, 4) is 5.69 Å². The van der Waals surface area contributed by atoms with Crippen molar-refractivity contribution in [2.24, 2.45) is 0 Å². The third-order valence-electron chi connectivity index (χ3n) is 6.23. The number of carbonyl (C=O) groups is 1. The van der Waals surface area contributed by atoms with Gasteiger partial charge in [0.2, 0.25) is 0 Å². The quantitative estimate of drug-likeness (QED) is 0.626. The number of carbonyl (C=O) groups excluding carboxylic acids is 1. The highest BCUT2D eigenvalue weighted by Gasteiger charge is 2.25. The number of nitrogens with one attached hydrogen (secondary N) is 1. The maximum absolute atomic E-state index is 12.9. The summed E-state index contributed by atoms with van der Waals surface area (Å²) in [6.07, 6.45) is 6.33. The molecule has 162 valence electrons. The molecule has 1 amide bonds. The van der Waals surface area contributed by atoms with E-state index in [0.717, 1.165) is 87.0 Å². The second-order valence-electron chi connectivity index (χ2n) is 8.48. The molecule has 1 N–H and O–H groups in total. The molecule has 30 heavy (non-hydrogen) atoms. The Morgan fingerprint density at radius 3 is 2.73 bits per heavy atom. The van der Waals surface area contributed by atoms with E-state index in [-0.39, 0.29) is 5.91 Å². The van der Waals surface area contributed by atoms with Crippen LogP contribution in [0.5, 0.6) is 0 Å². The van der Waals surface area contributed by atoms with Crippen molar-refractivity contribution >= 4 is 21.8 Å². The second-order valence-corrected chi connectivity index (χ2v) is 9.40.